The van der Waals surface area contributed by atoms with E-state index in [1.54, 1.807) is 0 Å². The second-order valence-corrected chi connectivity index (χ2v) is 5.60. The van der Waals surface area contributed by atoms with Crippen LogP contribution in [0.25, 0.3) is 0 Å². The SMILES string of the molecule is O=C(NCCC1=CCCCC1)C(=O)Nc1ccc(F)c(Cl)c1. The van der Waals surface area contributed by atoms with Crippen molar-refractivity contribution < 1.29 is 14.0 Å². The van der Waals surface area contributed by atoms with Gasteiger partial charge in [0.2, 0.25) is 0 Å². The lowest BCUT2D eigenvalue weighted by Gasteiger charge is -2.12. The summed E-state index contributed by atoms with van der Waals surface area (Å²) in [6, 6.07) is 3.74. The average Bonchev–Trinajstić information content (AvgIpc) is 2.52. The molecular weight excluding hydrogens is 307 g/mol. The van der Waals surface area contributed by atoms with E-state index in [1.807, 2.05) is 0 Å². The summed E-state index contributed by atoms with van der Waals surface area (Å²) in [5.41, 5.74) is 1.61. The zero-order valence-electron chi connectivity index (χ0n) is 12.1. The minimum absolute atomic E-state index is 0.109. The third kappa shape index (κ3) is 4.84. The highest BCUT2D eigenvalue weighted by Crippen LogP contribution is 2.20. The molecule has 0 radical (unpaired) electrons. The smallest absolute Gasteiger partial charge is 0.313 e. The summed E-state index contributed by atoms with van der Waals surface area (Å²) in [6.45, 7) is 0.433. The predicted molar refractivity (Wildman–Crippen MR) is 84.2 cm³/mol. The Balaban J connectivity index is 1.78. The maximum Gasteiger partial charge on any atom is 0.313 e. The van der Waals surface area contributed by atoms with E-state index in [0.717, 1.165) is 25.3 Å². The second-order valence-electron chi connectivity index (χ2n) is 5.20. The first-order valence-electron chi connectivity index (χ1n) is 7.28. The molecule has 1 aromatic carbocycles. The van der Waals surface area contributed by atoms with Crippen molar-refractivity contribution in [3.63, 3.8) is 0 Å². The Bertz CT molecular complexity index is 602. The topological polar surface area (TPSA) is 58.2 Å². The van der Waals surface area contributed by atoms with Gasteiger partial charge in [0.05, 0.1) is 5.02 Å². The quantitative estimate of drug-likeness (QED) is 0.658. The Kier molecular flexibility index (Phi) is 5.95. The molecule has 2 amide bonds. The number of carbonyl (C=O) groups excluding carboxylic acids is 2. The van der Waals surface area contributed by atoms with Crippen LogP contribution in [0.2, 0.25) is 5.02 Å². The first-order valence-corrected chi connectivity index (χ1v) is 7.66. The molecule has 0 aliphatic heterocycles. The van der Waals surface area contributed by atoms with Crippen LogP contribution in [-0.4, -0.2) is 18.4 Å². The normalized spacial score (nSPS) is 14.2. The van der Waals surface area contributed by atoms with Crippen LogP contribution in [0.4, 0.5) is 10.1 Å². The van der Waals surface area contributed by atoms with E-state index in [2.05, 4.69) is 16.7 Å². The van der Waals surface area contributed by atoms with Crippen molar-refractivity contribution in [2.24, 2.45) is 0 Å². The lowest BCUT2D eigenvalue weighted by Crippen LogP contribution is -2.36. The largest absolute Gasteiger partial charge is 0.348 e. The molecule has 118 valence electrons. The summed E-state index contributed by atoms with van der Waals surface area (Å²) in [5.74, 6) is -2.08. The first-order chi connectivity index (χ1) is 10.6. The highest BCUT2D eigenvalue weighted by Gasteiger charge is 2.14. The third-order valence-electron chi connectivity index (χ3n) is 3.50. The lowest BCUT2D eigenvalue weighted by atomic mass is 9.97. The molecule has 1 aliphatic rings. The zero-order chi connectivity index (χ0) is 15.9. The maximum atomic E-state index is 13.0. The summed E-state index contributed by atoms with van der Waals surface area (Å²) in [4.78, 5) is 23.4. The fraction of sp³-hybridized carbons (Fsp3) is 0.375. The summed E-state index contributed by atoms with van der Waals surface area (Å²) in [6.07, 6.45) is 7.53. The molecule has 0 unspecified atom stereocenters. The molecule has 0 spiro atoms. The van der Waals surface area contributed by atoms with Gasteiger partial charge in [0.25, 0.3) is 0 Å². The number of benzene rings is 1. The standard InChI is InChI=1S/C16H18ClFN2O2/c17-13-10-12(6-7-14(13)18)20-16(22)15(21)19-9-8-11-4-2-1-3-5-11/h4,6-7,10H,1-3,5,8-9H2,(H,19,21)(H,20,22). The Labute approximate surface area is 133 Å². The fourth-order valence-electron chi connectivity index (χ4n) is 2.31. The molecule has 22 heavy (non-hydrogen) atoms. The minimum atomic E-state index is -0.791. The Morgan fingerprint density at radius 1 is 1.23 bits per heavy atom. The average molecular weight is 325 g/mol. The zero-order valence-corrected chi connectivity index (χ0v) is 12.9. The number of amides is 2. The fourth-order valence-corrected chi connectivity index (χ4v) is 2.49. The third-order valence-corrected chi connectivity index (χ3v) is 3.79. The van der Waals surface area contributed by atoms with Crippen molar-refractivity contribution >= 4 is 29.1 Å². The molecule has 0 aromatic heterocycles. The van der Waals surface area contributed by atoms with E-state index in [0.29, 0.717) is 6.54 Å². The van der Waals surface area contributed by atoms with Crippen molar-refractivity contribution in [3.8, 4) is 0 Å². The van der Waals surface area contributed by atoms with Gasteiger partial charge in [0, 0.05) is 12.2 Å². The van der Waals surface area contributed by atoms with E-state index < -0.39 is 17.6 Å². The van der Waals surface area contributed by atoms with Crippen molar-refractivity contribution in [2.75, 3.05) is 11.9 Å². The van der Waals surface area contributed by atoms with E-state index in [1.165, 1.54) is 30.5 Å². The summed E-state index contributed by atoms with van der Waals surface area (Å²) < 4.78 is 13.0. The van der Waals surface area contributed by atoms with Crippen LogP contribution < -0.4 is 10.6 Å². The molecule has 4 nitrogen and oxygen atoms in total. The Morgan fingerprint density at radius 2 is 2.05 bits per heavy atom. The number of rotatable bonds is 4. The van der Waals surface area contributed by atoms with E-state index in [9.17, 15) is 14.0 Å². The molecule has 0 fully saturated rings. The van der Waals surface area contributed by atoms with Crippen molar-refractivity contribution in [3.05, 3.63) is 40.7 Å². The molecule has 2 N–H and O–H groups in total. The number of hydrogen-bond donors (Lipinski definition) is 2. The highest BCUT2D eigenvalue weighted by molar-refractivity contribution is 6.39. The lowest BCUT2D eigenvalue weighted by molar-refractivity contribution is -0.136. The molecule has 0 saturated carbocycles. The van der Waals surface area contributed by atoms with Gasteiger partial charge in [0.1, 0.15) is 5.82 Å². The maximum absolute atomic E-state index is 13.0. The van der Waals surface area contributed by atoms with Gasteiger partial charge in [-0.1, -0.05) is 23.3 Å². The Hall–Kier alpha value is -1.88. The minimum Gasteiger partial charge on any atom is -0.348 e. The summed E-state index contributed by atoms with van der Waals surface area (Å²) in [5, 5.41) is 4.85. The van der Waals surface area contributed by atoms with Crippen LogP contribution in [0.5, 0.6) is 0 Å². The molecule has 0 atom stereocenters. The van der Waals surface area contributed by atoms with Crippen LogP contribution in [0.3, 0.4) is 0 Å². The van der Waals surface area contributed by atoms with Gasteiger partial charge >= 0.3 is 11.8 Å². The van der Waals surface area contributed by atoms with Crippen LogP contribution in [0.15, 0.2) is 29.8 Å². The van der Waals surface area contributed by atoms with Crippen LogP contribution in [0.1, 0.15) is 32.1 Å². The molecule has 0 saturated heterocycles. The van der Waals surface area contributed by atoms with Crippen molar-refractivity contribution in [1.29, 1.82) is 0 Å². The van der Waals surface area contributed by atoms with Gasteiger partial charge < -0.3 is 10.6 Å². The second kappa shape index (κ2) is 7.94. The van der Waals surface area contributed by atoms with Crippen LogP contribution in [0, 0.1) is 5.82 Å². The van der Waals surface area contributed by atoms with E-state index in [-0.39, 0.29) is 10.7 Å². The van der Waals surface area contributed by atoms with Gasteiger partial charge in [-0.15, -0.1) is 0 Å². The van der Waals surface area contributed by atoms with Crippen molar-refractivity contribution in [1.82, 2.24) is 5.32 Å². The van der Waals surface area contributed by atoms with Gasteiger partial charge in [-0.25, -0.2) is 4.39 Å². The first kappa shape index (κ1) is 16.5. The number of carbonyl (C=O) groups is 2. The van der Waals surface area contributed by atoms with Crippen LogP contribution >= 0.6 is 11.6 Å². The van der Waals surface area contributed by atoms with Crippen molar-refractivity contribution in [2.45, 2.75) is 32.1 Å². The molecule has 0 bridgehead atoms. The molecule has 1 aromatic rings. The molecule has 6 heteroatoms. The number of nitrogens with one attached hydrogen (secondary N) is 2. The Morgan fingerprint density at radius 3 is 2.73 bits per heavy atom. The number of halogens is 2. The number of hydrogen-bond acceptors (Lipinski definition) is 2. The van der Waals surface area contributed by atoms with E-state index >= 15 is 0 Å². The van der Waals surface area contributed by atoms with E-state index in [4.69, 9.17) is 11.6 Å². The summed E-state index contributed by atoms with van der Waals surface area (Å²) in [7, 11) is 0. The van der Waals surface area contributed by atoms with Gasteiger partial charge in [0.15, 0.2) is 0 Å². The predicted octanol–water partition coefficient (Wildman–Crippen LogP) is 3.42. The molecule has 2 rings (SSSR count). The number of allylic oxidation sites excluding steroid dienone is 1. The monoisotopic (exact) mass is 324 g/mol. The highest BCUT2D eigenvalue weighted by atomic mass is 35.5. The van der Waals surface area contributed by atoms with Crippen LogP contribution in [-0.2, 0) is 9.59 Å². The molecular formula is C16H18ClFN2O2. The van der Waals surface area contributed by atoms with Gasteiger partial charge in [-0.3, -0.25) is 9.59 Å². The molecule has 1 aliphatic carbocycles. The van der Waals surface area contributed by atoms with Gasteiger partial charge in [-0.05, 0) is 50.3 Å². The van der Waals surface area contributed by atoms with Gasteiger partial charge in [-0.2, -0.15) is 0 Å². The molecule has 0 heterocycles. The number of anilines is 1. The summed E-state index contributed by atoms with van der Waals surface area (Å²) >= 11 is 5.61.